The van der Waals surface area contributed by atoms with Gasteiger partial charge in [-0.05, 0) is 24.8 Å². The monoisotopic (exact) mass is 360 g/mol. The van der Waals surface area contributed by atoms with Crippen LogP contribution in [0, 0.1) is 0 Å². The molecule has 124 valence electrons. The number of H-pyrrole nitrogens is 1. The van der Waals surface area contributed by atoms with E-state index in [0.717, 1.165) is 29.5 Å². The fourth-order valence-electron chi connectivity index (χ4n) is 3.05. The van der Waals surface area contributed by atoms with Gasteiger partial charge in [-0.15, -0.1) is 22.7 Å². The van der Waals surface area contributed by atoms with Crippen molar-refractivity contribution in [3.63, 3.8) is 0 Å². The van der Waals surface area contributed by atoms with E-state index >= 15 is 0 Å². The first-order chi connectivity index (χ1) is 11.6. The fraction of sp³-hybridized carbons (Fsp3) is 0.375. The highest BCUT2D eigenvalue weighted by atomic mass is 32.1. The summed E-state index contributed by atoms with van der Waals surface area (Å²) in [7, 11) is 1.71. The van der Waals surface area contributed by atoms with Crippen molar-refractivity contribution in [2.45, 2.75) is 32.1 Å². The average molecular weight is 360 g/mol. The number of thiophene rings is 1. The number of hydrogen-bond acceptors (Lipinski definition) is 6. The van der Waals surface area contributed by atoms with E-state index < -0.39 is 0 Å². The van der Waals surface area contributed by atoms with Crippen LogP contribution in [0.4, 0.5) is 5.13 Å². The number of fused-ring (bicyclic) bond motifs is 3. The van der Waals surface area contributed by atoms with Crippen molar-refractivity contribution in [1.29, 1.82) is 0 Å². The first kappa shape index (κ1) is 15.5. The van der Waals surface area contributed by atoms with Crippen molar-refractivity contribution in [3.05, 3.63) is 38.2 Å². The van der Waals surface area contributed by atoms with E-state index in [1.165, 1.54) is 21.8 Å². The fourth-order valence-corrected chi connectivity index (χ4v) is 4.95. The van der Waals surface area contributed by atoms with Crippen LogP contribution in [-0.2, 0) is 24.1 Å². The van der Waals surface area contributed by atoms with Gasteiger partial charge in [0, 0.05) is 36.3 Å². The molecule has 0 fully saturated rings. The quantitative estimate of drug-likeness (QED) is 0.775. The van der Waals surface area contributed by atoms with Gasteiger partial charge < -0.3 is 4.98 Å². The molecule has 3 aromatic rings. The predicted octanol–water partition coefficient (Wildman–Crippen LogP) is 2.53. The average Bonchev–Trinajstić information content (AvgIpc) is 3.27. The number of aromatic amines is 1. The number of carbonyl (C=O) groups excluding carboxylic acids is 1. The Bertz CT molecular complexity index is 959. The van der Waals surface area contributed by atoms with E-state index in [4.69, 9.17) is 0 Å². The van der Waals surface area contributed by atoms with Gasteiger partial charge in [0.05, 0.1) is 5.39 Å². The van der Waals surface area contributed by atoms with Crippen LogP contribution >= 0.6 is 22.7 Å². The molecule has 0 bridgehead atoms. The van der Waals surface area contributed by atoms with Crippen molar-refractivity contribution in [1.82, 2.24) is 15.0 Å². The predicted molar refractivity (Wildman–Crippen MR) is 96.1 cm³/mol. The molecule has 0 unspecified atom stereocenters. The Balaban J connectivity index is 1.53. The largest absolute Gasteiger partial charge is 0.310 e. The zero-order chi connectivity index (χ0) is 16.7. The summed E-state index contributed by atoms with van der Waals surface area (Å²) in [6, 6.07) is 0. The Morgan fingerprint density at radius 2 is 2.29 bits per heavy atom. The molecule has 0 radical (unpaired) electrons. The lowest BCUT2D eigenvalue weighted by Crippen LogP contribution is -2.26. The van der Waals surface area contributed by atoms with E-state index in [1.807, 2.05) is 5.38 Å². The zero-order valence-corrected chi connectivity index (χ0v) is 14.8. The van der Waals surface area contributed by atoms with E-state index in [2.05, 4.69) is 15.0 Å². The van der Waals surface area contributed by atoms with Gasteiger partial charge >= 0.3 is 0 Å². The van der Waals surface area contributed by atoms with Gasteiger partial charge in [0.2, 0.25) is 5.91 Å². The smallest absolute Gasteiger partial charge is 0.259 e. The van der Waals surface area contributed by atoms with Crippen molar-refractivity contribution in [3.8, 4) is 0 Å². The molecule has 0 atom stereocenters. The summed E-state index contributed by atoms with van der Waals surface area (Å²) >= 11 is 3.04. The number of nitrogens with zero attached hydrogens (tertiary/aromatic N) is 3. The summed E-state index contributed by atoms with van der Waals surface area (Å²) in [4.78, 5) is 39.8. The lowest BCUT2D eigenvalue weighted by atomic mass is 10.2. The summed E-state index contributed by atoms with van der Waals surface area (Å²) in [5.41, 5.74) is 1.10. The Hall–Kier alpha value is -2.06. The molecule has 3 aromatic heterocycles. The second kappa shape index (κ2) is 6.10. The van der Waals surface area contributed by atoms with Gasteiger partial charge in [-0.25, -0.2) is 9.97 Å². The maximum absolute atomic E-state index is 12.4. The summed E-state index contributed by atoms with van der Waals surface area (Å²) in [6.45, 7) is 0. The van der Waals surface area contributed by atoms with Gasteiger partial charge in [0.1, 0.15) is 10.7 Å². The third kappa shape index (κ3) is 2.65. The maximum atomic E-state index is 12.4. The topological polar surface area (TPSA) is 79.0 Å². The van der Waals surface area contributed by atoms with E-state index in [-0.39, 0.29) is 17.9 Å². The number of thiazole rings is 1. The highest BCUT2D eigenvalue weighted by Crippen LogP contribution is 2.34. The van der Waals surface area contributed by atoms with Crippen LogP contribution in [0.2, 0.25) is 0 Å². The van der Waals surface area contributed by atoms with Crippen LogP contribution in [0.3, 0.4) is 0 Å². The van der Waals surface area contributed by atoms with Crippen molar-refractivity contribution in [2.75, 3.05) is 11.9 Å². The van der Waals surface area contributed by atoms with E-state index in [1.54, 1.807) is 29.5 Å². The molecule has 1 amide bonds. The molecule has 8 heteroatoms. The number of hydrogen-bond donors (Lipinski definition) is 1. The second-order valence-corrected chi connectivity index (χ2v) is 7.77. The van der Waals surface area contributed by atoms with Crippen LogP contribution in [0.25, 0.3) is 10.2 Å². The Morgan fingerprint density at radius 1 is 1.42 bits per heavy atom. The highest BCUT2D eigenvalue weighted by Gasteiger charge is 2.21. The number of rotatable bonds is 4. The zero-order valence-electron chi connectivity index (χ0n) is 13.2. The molecule has 0 aromatic carbocycles. The minimum atomic E-state index is -0.0740. The molecular formula is C16H16N4O2S2. The number of amides is 1. The van der Waals surface area contributed by atoms with Crippen molar-refractivity contribution in [2.24, 2.45) is 0 Å². The summed E-state index contributed by atoms with van der Waals surface area (Å²) in [5.74, 6) is 0.537. The normalized spacial score (nSPS) is 13.4. The summed E-state index contributed by atoms with van der Waals surface area (Å²) < 4.78 is 0. The molecule has 3 heterocycles. The minimum Gasteiger partial charge on any atom is -0.310 e. The molecule has 4 rings (SSSR count). The van der Waals surface area contributed by atoms with E-state index in [9.17, 15) is 9.59 Å². The molecule has 0 spiro atoms. The number of aryl methyl sites for hydroxylation is 3. The first-order valence-corrected chi connectivity index (χ1v) is 9.52. The van der Waals surface area contributed by atoms with Crippen LogP contribution in [0.5, 0.6) is 0 Å². The Kier molecular flexibility index (Phi) is 3.93. The minimum absolute atomic E-state index is 0.0404. The van der Waals surface area contributed by atoms with Crippen LogP contribution < -0.4 is 10.5 Å². The van der Waals surface area contributed by atoms with E-state index in [0.29, 0.717) is 17.4 Å². The van der Waals surface area contributed by atoms with Crippen molar-refractivity contribution >= 4 is 43.9 Å². The maximum Gasteiger partial charge on any atom is 0.259 e. The van der Waals surface area contributed by atoms with Crippen LogP contribution in [0.15, 0.2) is 16.4 Å². The molecule has 6 nitrogen and oxygen atoms in total. The summed E-state index contributed by atoms with van der Waals surface area (Å²) in [5, 5.41) is 3.26. The van der Waals surface area contributed by atoms with Crippen molar-refractivity contribution < 1.29 is 4.79 Å². The third-order valence-electron chi connectivity index (χ3n) is 4.28. The molecule has 0 saturated carbocycles. The van der Waals surface area contributed by atoms with Gasteiger partial charge in [0.25, 0.3) is 5.56 Å². The van der Waals surface area contributed by atoms with Crippen LogP contribution in [-0.4, -0.2) is 27.9 Å². The number of aromatic nitrogens is 3. The summed E-state index contributed by atoms with van der Waals surface area (Å²) in [6.07, 6.45) is 5.51. The molecule has 1 aliphatic rings. The lowest BCUT2D eigenvalue weighted by Gasteiger charge is -2.13. The Labute approximate surface area is 146 Å². The van der Waals surface area contributed by atoms with Gasteiger partial charge in [-0.1, -0.05) is 0 Å². The first-order valence-electron chi connectivity index (χ1n) is 7.83. The van der Waals surface area contributed by atoms with Gasteiger partial charge in [0.15, 0.2) is 5.13 Å². The number of anilines is 1. The highest BCUT2D eigenvalue weighted by molar-refractivity contribution is 7.18. The van der Waals surface area contributed by atoms with Gasteiger partial charge in [-0.3, -0.25) is 14.5 Å². The van der Waals surface area contributed by atoms with Gasteiger partial charge in [-0.2, -0.15) is 0 Å². The Morgan fingerprint density at radius 3 is 3.08 bits per heavy atom. The standard InChI is InChI=1S/C16H16N4O2S2/c1-20(16-17-7-8-23-16)12(21)6-5-11-18-14(22)13-9-3-2-4-10(9)24-15(13)19-11/h7-8H,2-6H2,1H3,(H,18,19,22). The molecule has 0 saturated heterocycles. The second-order valence-electron chi connectivity index (χ2n) is 5.82. The lowest BCUT2D eigenvalue weighted by molar-refractivity contribution is -0.118. The molecular weight excluding hydrogens is 344 g/mol. The number of nitrogens with one attached hydrogen (secondary N) is 1. The van der Waals surface area contributed by atoms with Crippen LogP contribution in [0.1, 0.15) is 29.1 Å². The third-order valence-corrected chi connectivity index (χ3v) is 6.31. The molecule has 1 aliphatic carbocycles. The SMILES string of the molecule is CN(C(=O)CCc1nc2sc3c(c2c(=O)[nH]1)CCC3)c1nccs1. The molecule has 0 aliphatic heterocycles. The molecule has 24 heavy (non-hydrogen) atoms. The number of carbonyl (C=O) groups is 1. The molecule has 1 N–H and O–H groups in total.